The van der Waals surface area contributed by atoms with E-state index in [1.165, 1.54) is 231 Å². The van der Waals surface area contributed by atoms with Gasteiger partial charge >= 0.3 is 0 Å². The summed E-state index contributed by atoms with van der Waals surface area (Å²) in [5, 5.41) is 23.1. The molecule has 0 bridgehead atoms. The van der Waals surface area contributed by atoms with Crippen molar-refractivity contribution in [1.29, 1.82) is 0 Å². The van der Waals surface area contributed by atoms with Gasteiger partial charge < -0.3 is 15.5 Å². The Morgan fingerprint density at radius 2 is 0.661 bits per heavy atom. The van der Waals surface area contributed by atoms with Gasteiger partial charge in [-0.05, 0) is 44.9 Å². The predicted octanol–water partition coefficient (Wildman–Crippen LogP) is 17.3. The molecule has 1 amide bonds. The van der Waals surface area contributed by atoms with Gasteiger partial charge in [0, 0.05) is 6.42 Å². The quantitative estimate of drug-likeness (QED) is 0.0423. The summed E-state index contributed by atoms with van der Waals surface area (Å²) < 4.78 is 0. The molecule has 0 heterocycles. The first-order valence-corrected chi connectivity index (χ1v) is 26.7. The molecule has 0 radical (unpaired) electrons. The Kier molecular flexibility index (Phi) is 49.8. The number of carbonyl (C=O) groups excluding carboxylic acids is 1. The van der Waals surface area contributed by atoms with Crippen molar-refractivity contribution in [2.24, 2.45) is 0 Å². The number of nitrogens with one attached hydrogen (secondary N) is 1. The van der Waals surface area contributed by atoms with E-state index in [9.17, 15) is 15.0 Å². The van der Waals surface area contributed by atoms with Gasteiger partial charge in [0.1, 0.15) is 0 Å². The van der Waals surface area contributed by atoms with Crippen LogP contribution in [0.1, 0.15) is 290 Å². The number of hydrogen-bond donors (Lipinski definition) is 3. The molecule has 348 valence electrons. The molecule has 3 N–H and O–H groups in total. The van der Waals surface area contributed by atoms with Crippen molar-refractivity contribution in [3.05, 3.63) is 36.5 Å². The maximum absolute atomic E-state index is 12.4. The summed E-state index contributed by atoms with van der Waals surface area (Å²) in [5.74, 6) is -0.0736. The lowest BCUT2D eigenvalue weighted by atomic mass is 10.0. The van der Waals surface area contributed by atoms with Crippen LogP contribution in [0, 0.1) is 0 Å². The van der Waals surface area contributed by atoms with Gasteiger partial charge in [0.25, 0.3) is 0 Å². The highest BCUT2D eigenvalue weighted by atomic mass is 16.3. The van der Waals surface area contributed by atoms with Crippen LogP contribution in [0.3, 0.4) is 0 Å². The number of unbranched alkanes of at least 4 members (excludes halogenated alkanes) is 38. The highest BCUT2D eigenvalue weighted by molar-refractivity contribution is 5.76. The average Bonchev–Trinajstić information content (AvgIpc) is 3.24. The Balaban J connectivity index is 3.54. The van der Waals surface area contributed by atoms with Gasteiger partial charge in [-0.2, -0.15) is 0 Å². The van der Waals surface area contributed by atoms with Gasteiger partial charge in [-0.1, -0.05) is 275 Å². The molecule has 0 aromatic heterocycles. The van der Waals surface area contributed by atoms with E-state index in [2.05, 4.69) is 43.5 Å². The molecule has 4 heteroatoms. The SMILES string of the molecule is CCCCCCCCCCCCCCCCCCCCC/C=C/CC/C=C/CC/C=C/C(O)C(CO)NC(=O)CCCCCCCCCCCCCCCCCCCC. The van der Waals surface area contributed by atoms with Crippen molar-refractivity contribution >= 4 is 5.91 Å². The number of aliphatic hydroxyl groups excluding tert-OH is 2. The van der Waals surface area contributed by atoms with Crippen LogP contribution in [-0.2, 0) is 4.79 Å². The maximum atomic E-state index is 12.4. The van der Waals surface area contributed by atoms with E-state index < -0.39 is 12.1 Å². The van der Waals surface area contributed by atoms with Crippen LogP contribution >= 0.6 is 0 Å². The lowest BCUT2D eigenvalue weighted by Gasteiger charge is -2.19. The second-order valence-corrected chi connectivity index (χ2v) is 18.3. The first-order chi connectivity index (χ1) is 29.2. The lowest BCUT2D eigenvalue weighted by Crippen LogP contribution is -2.45. The van der Waals surface area contributed by atoms with Gasteiger partial charge in [0.15, 0.2) is 0 Å². The predicted molar refractivity (Wildman–Crippen MR) is 262 cm³/mol. The number of rotatable bonds is 49. The first-order valence-electron chi connectivity index (χ1n) is 26.7. The van der Waals surface area contributed by atoms with Crippen LogP contribution in [0.25, 0.3) is 0 Å². The molecular weight excluding hydrogens is 723 g/mol. The van der Waals surface area contributed by atoms with Crippen LogP contribution in [0.5, 0.6) is 0 Å². The van der Waals surface area contributed by atoms with Gasteiger partial charge in [0.2, 0.25) is 5.91 Å². The summed E-state index contributed by atoms with van der Waals surface area (Å²) in [4.78, 5) is 12.4. The van der Waals surface area contributed by atoms with Crippen LogP contribution in [0.2, 0.25) is 0 Å². The molecule has 0 aromatic rings. The van der Waals surface area contributed by atoms with Crippen molar-refractivity contribution < 1.29 is 15.0 Å². The standard InChI is InChI=1S/C55H105NO3/c1-3-5-7-9-11-13-15-17-19-21-23-24-25-26-27-28-29-30-31-32-33-34-36-38-40-42-44-46-48-50-54(58)53(52-57)56-55(59)51-49-47-45-43-41-39-37-35-22-20-18-16-14-12-10-8-6-4-2/h33-34,40,42,48,50,53-54,57-58H,3-32,35-39,41,43-47,49,51-52H2,1-2H3,(H,56,59)/b34-33+,42-40+,50-48+. The molecule has 59 heavy (non-hydrogen) atoms. The van der Waals surface area contributed by atoms with Gasteiger partial charge in [-0.3, -0.25) is 4.79 Å². The summed E-state index contributed by atoms with van der Waals surface area (Å²) in [7, 11) is 0. The van der Waals surface area contributed by atoms with Crippen molar-refractivity contribution in [1.82, 2.24) is 5.32 Å². The van der Waals surface area contributed by atoms with Gasteiger partial charge in [-0.15, -0.1) is 0 Å². The second-order valence-electron chi connectivity index (χ2n) is 18.3. The number of allylic oxidation sites excluding steroid dienone is 5. The number of aliphatic hydroxyl groups is 2. The summed E-state index contributed by atoms with van der Waals surface area (Å²) in [5.41, 5.74) is 0. The fourth-order valence-corrected chi connectivity index (χ4v) is 8.27. The van der Waals surface area contributed by atoms with E-state index >= 15 is 0 Å². The fraction of sp³-hybridized carbons (Fsp3) is 0.873. The molecule has 0 aliphatic heterocycles. The number of hydrogen-bond acceptors (Lipinski definition) is 3. The third kappa shape index (κ3) is 47.5. The number of carbonyl (C=O) groups is 1. The van der Waals surface area contributed by atoms with E-state index in [4.69, 9.17) is 0 Å². The first kappa shape index (κ1) is 57.6. The van der Waals surface area contributed by atoms with Crippen LogP contribution in [-0.4, -0.2) is 34.9 Å². The molecule has 4 nitrogen and oxygen atoms in total. The summed E-state index contributed by atoms with van der Waals surface area (Å²) in [6.07, 6.45) is 68.7. The largest absolute Gasteiger partial charge is 0.394 e. The van der Waals surface area contributed by atoms with Crippen molar-refractivity contribution in [2.75, 3.05) is 6.61 Å². The highest BCUT2D eigenvalue weighted by Gasteiger charge is 2.17. The van der Waals surface area contributed by atoms with Crippen molar-refractivity contribution in [3.8, 4) is 0 Å². The zero-order valence-electron chi connectivity index (χ0n) is 40.0. The second kappa shape index (κ2) is 51.0. The van der Waals surface area contributed by atoms with Crippen molar-refractivity contribution in [2.45, 2.75) is 302 Å². The third-order valence-electron chi connectivity index (χ3n) is 12.4. The molecule has 0 aliphatic carbocycles. The smallest absolute Gasteiger partial charge is 0.220 e. The van der Waals surface area contributed by atoms with Crippen LogP contribution in [0.15, 0.2) is 36.5 Å². The molecule has 0 spiro atoms. The topological polar surface area (TPSA) is 69.6 Å². The van der Waals surface area contributed by atoms with E-state index in [1.54, 1.807) is 6.08 Å². The molecular formula is C55H105NO3. The molecule has 0 aromatic carbocycles. The molecule has 2 atom stereocenters. The normalized spacial score (nSPS) is 13.1. The highest BCUT2D eigenvalue weighted by Crippen LogP contribution is 2.17. The Bertz CT molecular complexity index is 897. The number of amides is 1. The zero-order chi connectivity index (χ0) is 42.8. The van der Waals surface area contributed by atoms with E-state index in [0.717, 1.165) is 38.5 Å². The van der Waals surface area contributed by atoms with Crippen LogP contribution in [0.4, 0.5) is 0 Å². The minimum Gasteiger partial charge on any atom is -0.394 e. The Morgan fingerprint density at radius 3 is 0.983 bits per heavy atom. The fourth-order valence-electron chi connectivity index (χ4n) is 8.27. The molecule has 0 aliphatic rings. The van der Waals surface area contributed by atoms with Gasteiger partial charge in [0.05, 0.1) is 18.8 Å². The molecule has 0 rings (SSSR count). The third-order valence-corrected chi connectivity index (χ3v) is 12.4. The monoisotopic (exact) mass is 828 g/mol. The Labute approximate surface area is 370 Å². The minimum absolute atomic E-state index is 0.0736. The Morgan fingerprint density at radius 1 is 0.390 bits per heavy atom. The lowest BCUT2D eigenvalue weighted by molar-refractivity contribution is -0.123. The summed E-state index contributed by atoms with van der Waals surface area (Å²) in [6, 6.07) is -0.643. The Hall–Kier alpha value is -1.39. The zero-order valence-corrected chi connectivity index (χ0v) is 40.0. The van der Waals surface area contributed by atoms with E-state index in [-0.39, 0.29) is 12.5 Å². The molecule has 0 saturated carbocycles. The van der Waals surface area contributed by atoms with E-state index in [0.29, 0.717) is 6.42 Å². The van der Waals surface area contributed by atoms with E-state index in [1.807, 2.05) is 6.08 Å². The van der Waals surface area contributed by atoms with Crippen molar-refractivity contribution in [3.63, 3.8) is 0 Å². The molecule has 0 saturated heterocycles. The van der Waals surface area contributed by atoms with Crippen LogP contribution < -0.4 is 5.32 Å². The van der Waals surface area contributed by atoms with Gasteiger partial charge in [-0.25, -0.2) is 0 Å². The molecule has 2 unspecified atom stereocenters. The average molecular weight is 828 g/mol. The summed E-state index contributed by atoms with van der Waals surface area (Å²) >= 11 is 0. The maximum Gasteiger partial charge on any atom is 0.220 e. The molecule has 0 fully saturated rings. The summed E-state index contributed by atoms with van der Waals surface area (Å²) in [6.45, 7) is 4.32. The minimum atomic E-state index is -0.868.